The molecule has 1 fully saturated rings. The molecule has 0 aromatic heterocycles. The van der Waals surface area contributed by atoms with E-state index in [2.05, 4.69) is 5.32 Å². The molecule has 0 spiro atoms. The van der Waals surface area contributed by atoms with Crippen LogP contribution in [0.15, 0.2) is 48.5 Å². The van der Waals surface area contributed by atoms with Crippen molar-refractivity contribution in [3.05, 3.63) is 59.7 Å². The summed E-state index contributed by atoms with van der Waals surface area (Å²) in [6.07, 6.45) is 5.27. The van der Waals surface area contributed by atoms with Crippen LogP contribution in [-0.4, -0.2) is 36.2 Å². The molecule has 0 saturated heterocycles. The number of nitrogens with one attached hydrogen (secondary N) is 2. The van der Waals surface area contributed by atoms with Crippen LogP contribution in [0.5, 0.6) is 5.75 Å². The van der Waals surface area contributed by atoms with E-state index in [1.807, 2.05) is 60.9 Å². The molecule has 4 rings (SSSR count). The van der Waals surface area contributed by atoms with Crippen molar-refractivity contribution in [3.8, 4) is 5.75 Å². The smallest absolute Gasteiger partial charge is 0.248 e. The van der Waals surface area contributed by atoms with Crippen molar-refractivity contribution >= 4 is 17.5 Å². The van der Waals surface area contributed by atoms with E-state index in [1.165, 1.54) is 12.0 Å². The summed E-state index contributed by atoms with van der Waals surface area (Å²) in [6, 6.07) is 15.1. The average molecular weight is 452 g/mol. The Balaban J connectivity index is 1.53. The topological polar surface area (TPSA) is 90.9 Å². The SMILES string of the molecule is Cc1ccc(CN2C(=O)[C@@H](NC[C@H](C(=O)NO)C3CCCCC3)COc3ccccc32)cc1. The fourth-order valence-corrected chi connectivity index (χ4v) is 4.90. The van der Waals surface area contributed by atoms with Gasteiger partial charge in [-0.1, -0.05) is 61.2 Å². The fraction of sp³-hybridized carbons (Fsp3) is 0.462. The highest BCUT2D eigenvalue weighted by molar-refractivity contribution is 5.99. The first-order valence-corrected chi connectivity index (χ1v) is 11.8. The number of rotatable bonds is 7. The molecule has 1 aliphatic carbocycles. The fourth-order valence-electron chi connectivity index (χ4n) is 4.90. The summed E-state index contributed by atoms with van der Waals surface area (Å²) < 4.78 is 6.01. The first-order valence-electron chi connectivity index (χ1n) is 11.8. The summed E-state index contributed by atoms with van der Waals surface area (Å²) in [7, 11) is 0. The Morgan fingerprint density at radius 1 is 1.12 bits per heavy atom. The maximum absolute atomic E-state index is 13.6. The number of aryl methyl sites for hydroxylation is 1. The lowest BCUT2D eigenvalue weighted by Crippen LogP contribution is -2.51. The molecule has 1 aliphatic heterocycles. The van der Waals surface area contributed by atoms with Gasteiger partial charge >= 0.3 is 0 Å². The molecule has 2 amide bonds. The highest BCUT2D eigenvalue weighted by atomic mass is 16.5. The molecule has 2 aromatic rings. The summed E-state index contributed by atoms with van der Waals surface area (Å²) in [6.45, 7) is 2.96. The van der Waals surface area contributed by atoms with Crippen LogP contribution in [0.4, 0.5) is 5.69 Å². The van der Waals surface area contributed by atoms with Gasteiger partial charge in [0.25, 0.3) is 0 Å². The van der Waals surface area contributed by atoms with Gasteiger partial charge in [-0.15, -0.1) is 0 Å². The molecule has 2 aromatic carbocycles. The number of para-hydroxylation sites is 2. The molecule has 1 heterocycles. The number of anilines is 1. The zero-order valence-corrected chi connectivity index (χ0v) is 19.1. The zero-order valence-electron chi connectivity index (χ0n) is 19.1. The lowest BCUT2D eigenvalue weighted by atomic mass is 9.79. The molecular weight excluding hydrogens is 418 g/mol. The third-order valence-corrected chi connectivity index (χ3v) is 6.84. The van der Waals surface area contributed by atoms with Gasteiger partial charge in [0.15, 0.2) is 0 Å². The van der Waals surface area contributed by atoms with Crippen molar-refractivity contribution in [2.75, 3.05) is 18.1 Å². The number of amides is 2. The highest BCUT2D eigenvalue weighted by Gasteiger charge is 2.34. The number of carbonyl (C=O) groups excluding carboxylic acids is 2. The summed E-state index contributed by atoms with van der Waals surface area (Å²) in [5, 5.41) is 12.6. The van der Waals surface area contributed by atoms with Crippen molar-refractivity contribution in [3.63, 3.8) is 0 Å². The van der Waals surface area contributed by atoms with E-state index in [0.29, 0.717) is 18.8 Å². The van der Waals surface area contributed by atoms with E-state index in [-0.39, 0.29) is 24.3 Å². The van der Waals surface area contributed by atoms with Gasteiger partial charge in [0, 0.05) is 6.54 Å². The Morgan fingerprint density at radius 3 is 2.58 bits per heavy atom. The van der Waals surface area contributed by atoms with Crippen LogP contribution in [0, 0.1) is 18.8 Å². The van der Waals surface area contributed by atoms with E-state index < -0.39 is 11.9 Å². The molecule has 3 N–H and O–H groups in total. The number of hydrogen-bond donors (Lipinski definition) is 3. The van der Waals surface area contributed by atoms with Crippen LogP contribution in [0.25, 0.3) is 0 Å². The molecule has 0 bridgehead atoms. The number of ether oxygens (including phenoxy) is 1. The molecule has 7 heteroatoms. The van der Waals surface area contributed by atoms with Crippen LogP contribution in [0.3, 0.4) is 0 Å². The van der Waals surface area contributed by atoms with Crippen LogP contribution >= 0.6 is 0 Å². The molecule has 176 valence electrons. The predicted molar refractivity (Wildman–Crippen MR) is 126 cm³/mol. The minimum absolute atomic E-state index is 0.0904. The van der Waals surface area contributed by atoms with Crippen molar-refractivity contribution in [1.82, 2.24) is 10.8 Å². The van der Waals surface area contributed by atoms with Crippen LogP contribution in [0.2, 0.25) is 0 Å². The molecule has 7 nitrogen and oxygen atoms in total. The van der Waals surface area contributed by atoms with Crippen molar-refractivity contribution in [2.45, 2.75) is 51.6 Å². The Labute approximate surface area is 195 Å². The second-order valence-electron chi connectivity index (χ2n) is 9.13. The Hall–Kier alpha value is -2.90. The molecule has 0 unspecified atom stereocenters. The highest BCUT2D eigenvalue weighted by Crippen LogP contribution is 2.33. The van der Waals surface area contributed by atoms with E-state index >= 15 is 0 Å². The van der Waals surface area contributed by atoms with Gasteiger partial charge in [0.1, 0.15) is 18.4 Å². The summed E-state index contributed by atoms with van der Waals surface area (Å²) >= 11 is 0. The molecule has 2 aliphatic rings. The number of nitrogens with zero attached hydrogens (tertiary/aromatic N) is 1. The number of fused-ring (bicyclic) bond motifs is 1. The lowest BCUT2D eigenvalue weighted by Gasteiger charge is -2.30. The van der Waals surface area contributed by atoms with Gasteiger partial charge in [-0.25, -0.2) is 5.48 Å². The van der Waals surface area contributed by atoms with Crippen LogP contribution in [-0.2, 0) is 16.1 Å². The normalized spacial score (nSPS) is 19.9. The predicted octanol–water partition coefficient (Wildman–Crippen LogP) is 3.58. The summed E-state index contributed by atoms with van der Waals surface area (Å²) in [5.41, 5.74) is 4.77. The standard InChI is InChI=1S/C26H33N3O4/c1-18-11-13-19(14-12-18)16-29-23-9-5-6-10-24(23)33-17-22(26(29)31)27-15-21(25(30)28-32)20-7-3-2-4-8-20/h5-6,9-14,20-22,27,32H,2-4,7-8,15-17H2,1H3,(H,28,30)/t21-,22-/m0/s1. The average Bonchev–Trinajstić information content (AvgIpc) is 2.98. The van der Waals surface area contributed by atoms with E-state index in [9.17, 15) is 14.8 Å². The summed E-state index contributed by atoms with van der Waals surface area (Å²) in [4.78, 5) is 27.8. The van der Waals surface area contributed by atoms with Gasteiger partial charge in [0.2, 0.25) is 11.8 Å². The first kappa shape index (κ1) is 23.3. The minimum Gasteiger partial charge on any atom is -0.489 e. The third-order valence-electron chi connectivity index (χ3n) is 6.84. The van der Waals surface area contributed by atoms with Crippen molar-refractivity contribution in [2.24, 2.45) is 11.8 Å². The van der Waals surface area contributed by atoms with Gasteiger partial charge in [0.05, 0.1) is 18.2 Å². The Morgan fingerprint density at radius 2 is 1.85 bits per heavy atom. The monoisotopic (exact) mass is 451 g/mol. The zero-order chi connectivity index (χ0) is 23.2. The van der Waals surface area contributed by atoms with Crippen LogP contribution < -0.4 is 20.4 Å². The third kappa shape index (κ3) is 5.54. The molecule has 0 radical (unpaired) electrons. The van der Waals surface area contributed by atoms with Crippen molar-refractivity contribution < 1.29 is 19.5 Å². The molecular formula is C26H33N3O4. The number of hydroxylamine groups is 1. The van der Waals surface area contributed by atoms with Crippen LogP contribution in [0.1, 0.15) is 43.2 Å². The summed E-state index contributed by atoms with van der Waals surface area (Å²) in [5.74, 6) is -0.0111. The van der Waals surface area contributed by atoms with E-state index in [4.69, 9.17) is 4.74 Å². The largest absolute Gasteiger partial charge is 0.489 e. The van der Waals surface area contributed by atoms with Gasteiger partial charge in [-0.3, -0.25) is 14.8 Å². The quantitative estimate of drug-likeness (QED) is 0.442. The van der Waals surface area contributed by atoms with Crippen molar-refractivity contribution in [1.29, 1.82) is 0 Å². The number of carbonyl (C=O) groups is 2. The number of hydrogen-bond acceptors (Lipinski definition) is 5. The second kappa shape index (κ2) is 10.8. The second-order valence-corrected chi connectivity index (χ2v) is 9.13. The first-order chi connectivity index (χ1) is 16.1. The lowest BCUT2D eigenvalue weighted by molar-refractivity contribution is -0.136. The van der Waals surface area contributed by atoms with E-state index in [0.717, 1.165) is 36.9 Å². The molecule has 2 atom stereocenters. The Kier molecular flexibility index (Phi) is 7.62. The van der Waals surface area contributed by atoms with Gasteiger partial charge in [-0.05, 0) is 43.4 Å². The maximum Gasteiger partial charge on any atom is 0.248 e. The minimum atomic E-state index is -0.597. The van der Waals surface area contributed by atoms with Gasteiger partial charge in [-0.2, -0.15) is 0 Å². The van der Waals surface area contributed by atoms with E-state index in [1.54, 1.807) is 4.90 Å². The number of benzene rings is 2. The van der Waals surface area contributed by atoms with Gasteiger partial charge < -0.3 is 15.0 Å². The molecule has 33 heavy (non-hydrogen) atoms. The molecule has 1 saturated carbocycles. The Bertz CT molecular complexity index is 956. The maximum atomic E-state index is 13.6.